The Kier molecular flexibility index (Phi) is 4.42. The normalized spacial score (nSPS) is 21.4. The molecule has 3 N–H and O–H groups in total. The van der Waals surface area contributed by atoms with Crippen molar-refractivity contribution in [2.75, 3.05) is 18.5 Å². The van der Waals surface area contributed by atoms with E-state index < -0.39 is 17.8 Å². The van der Waals surface area contributed by atoms with Gasteiger partial charge in [0.15, 0.2) is 0 Å². The summed E-state index contributed by atoms with van der Waals surface area (Å²) in [5.74, 6) is -1.99. The Bertz CT molecular complexity index is 564. The monoisotopic (exact) mass is 296 g/mol. The van der Waals surface area contributed by atoms with Crippen LogP contribution < -0.4 is 5.32 Å². The number of nitrogens with one attached hydrogen (secondary N) is 1. The minimum atomic E-state index is -1.32. The summed E-state index contributed by atoms with van der Waals surface area (Å²) in [6.45, 7) is 2.17. The predicted molar refractivity (Wildman–Crippen MR) is 73.7 cm³/mol. The lowest BCUT2D eigenvalue weighted by atomic mass is 10.0. The largest absolute Gasteiger partial charge is 0.478 e. The molecule has 1 aromatic carbocycles. The summed E-state index contributed by atoms with van der Waals surface area (Å²) in [5, 5.41) is 20.7. The molecule has 2 unspecified atom stereocenters. The highest BCUT2D eigenvalue weighted by molar-refractivity contribution is 6.00. The van der Waals surface area contributed by atoms with Gasteiger partial charge < -0.3 is 20.4 Å². The minimum Gasteiger partial charge on any atom is -0.478 e. The zero-order chi connectivity index (χ0) is 15.6. The average molecular weight is 296 g/mol. The molecule has 0 bridgehead atoms. The lowest BCUT2D eigenvalue weighted by Crippen LogP contribution is -2.42. The number of halogens is 1. The van der Waals surface area contributed by atoms with E-state index in [-0.39, 0.29) is 29.8 Å². The number of carboxylic acid groups (broad SMARTS) is 1. The van der Waals surface area contributed by atoms with Gasteiger partial charge in [0.1, 0.15) is 5.82 Å². The maximum absolute atomic E-state index is 13.8. The SMILES string of the molecule is CC1CCN(C(=O)Nc2c(F)cccc2C(=O)O)C1CO. The van der Waals surface area contributed by atoms with Gasteiger partial charge in [-0.05, 0) is 24.5 Å². The molecular weight excluding hydrogens is 279 g/mol. The Morgan fingerprint density at radius 3 is 2.81 bits per heavy atom. The van der Waals surface area contributed by atoms with E-state index >= 15 is 0 Å². The fourth-order valence-electron chi connectivity index (χ4n) is 2.55. The Labute approximate surface area is 121 Å². The second-order valence-electron chi connectivity index (χ2n) is 5.11. The Balaban J connectivity index is 2.22. The van der Waals surface area contributed by atoms with Crippen LogP contribution in [0.4, 0.5) is 14.9 Å². The molecule has 6 nitrogen and oxygen atoms in total. The van der Waals surface area contributed by atoms with Crippen molar-refractivity contribution in [1.82, 2.24) is 4.90 Å². The van der Waals surface area contributed by atoms with E-state index in [0.29, 0.717) is 6.54 Å². The number of carbonyl (C=O) groups is 2. The molecule has 0 radical (unpaired) electrons. The number of benzene rings is 1. The number of hydrogen-bond donors (Lipinski definition) is 3. The fourth-order valence-corrected chi connectivity index (χ4v) is 2.55. The molecule has 1 aliphatic heterocycles. The van der Waals surface area contributed by atoms with Gasteiger partial charge >= 0.3 is 12.0 Å². The van der Waals surface area contributed by atoms with Crippen molar-refractivity contribution in [2.45, 2.75) is 19.4 Å². The minimum absolute atomic E-state index is 0.139. The van der Waals surface area contributed by atoms with Crippen LogP contribution >= 0.6 is 0 Å². The molecule has 1 saturated heterocycles. The third-order valence-electron chi connectivity index (χ3n) is 3.81. The van der Waals surface area contributed by atoms with E-state index in [0.717, 1.165) is 12.5 Å². The number of para-hydroxylation sites is 1. The van der Waals surface area contributed by atoms with Crippen LogP contribution in [0.1, 0.15) is 23.7 Å². The lowest BCUT2D eigenvalue weighted by molar-refractivity contribution is 0.0697. The number of likely N-dealkylation sites (tertiary alicyclic amines) is 1. The molecule has 1 heterocycles. The molecule has 0 aliphatic carbocycles. The number of carboxylic acids is 1. The highest BCUT2D eigenvalue weighted by Gasteiger charge is 2.34. The molecule has 2 amide bonds. The van der Waals surface area contributed by atoms with E-state index in [1.807, 2.05) is 6.92 Å². The Morgan fingerprint density at radius 1 is 1.48 bits per heavy atom. The topological polar surface area (TPSA) is 89.9 Å². The second kappa shape index (κ2) is 6.09. The zero-order valence-electron chi connectivity index (χ0n) is 11.5. The van der Waals surface area contributed by atoms with Gasteiger partial charge in [0, 0.05) is 6.54 Å². The Morgan fingerprint density at radius 2 is 2.19 bits per heavy atom. The number of rotatable bonds is 3. The van der Waals surface area contributed by atoms with Crippen LogP contribution in [0.15, 0.2) is 18.2 Å². The van der Waals surface area contributed by atoms with Crippen LogP contribution in [-0.4, -0.2) is 46.3 Å². The molecule has 0 spiro atoms. The lowest BCUT2D eigenvalue weighted by Gasteiger charge is -2.25. The van der Waals surface area contributed by atoms with E-state index in [2.05, 4.69) is 5.32 Å². The van der Waals surface area contributed by atoms with Crippen LogP contribution in [0.5, 0.6) is 0 Å². The predicted octanol–water partition coefficient (Wildman–Crippen LogP) is 1.76. The first-order valence-electron chi connectivity index (χ1n) is 6.66. The van der Waals surface area contributed by atoms with Gasteiger partial charge in [-0.2, -0.15) is 0 Å². The molecule has 2 rings (SSSR count). The van der Waals surface area contributed by atoms with E-state index in [9.17, 15) is 19.1 Å². The summed E-state index contributed by atoms with van der Waals surface area (Å²) >= 11 is 0. The standard InChI is InChI=1S/C14H17FN2O4/c1-8-5-6-17(11(8)7-18)14(21)16-12-9(13(19)20)3-2-4-10(12)15/h2-4,8,11,18H,5-7H2,1H3,(H,16,21)(H,19,20). The maximum Gasteiger partial charge on any atom is 0.337 e. The van der Waals surface area contributed by atoms with Crippen molar-refractivity contribution in [2.24, 2.45) is 5.92 Å². The fraction of sp³-hybridized carbons (Fsp3) is 0.429. The molecule has 1 aliphatic rings. The summed E-state index contributed by atoms with van der Waals surface area (Å²) in [6.07, 6.45) is 0.738. The number of aliphatic hydroxyl groups excluding tert-OH is 1. The zero-order valence-corrected chi connectivity index (χ0v) is 11.5. The van der Waals surface area contributed by atoms with Crippen molar-refractivity contribution >= 4 is 17.7 Å². The molecule has 1 aromatic rings. The van der Waals surface area contributed by atoms with E-state index in [1.165, 1.54) is 17.0 Å². The first-order chi connectivity index (χ1) is 9.95. The summed E-state index contributed by atoms with van der Waals surface area (Å²) in [6, 6.07) is 2.62. The van der Waals surface area contributed by atoms with Crippen LogP contribution in [0.2, 0.25) is 0 Å². The highest BCUT2D eigenvalue weighted by Crippen LogP contribution is 2.26. The van der Waals surface area contributed by atoms with Crippen LogP contribution in [0.3, 0.4) is 0 Å². The number of nitrogens with zero attached hydrogens (tertiary/aromatic N) is 1. The summed E-state index contributed by atoms with van der Waals surface area (Å²) in [7, 11) is 0. The number of amides is 2. The summed E-state index contributed by atoms with van der Waals surface area (Å²) in [5.41, 5.74) is -0.664. The number of urea groups is 1. The average Bonchev–Trinajstić information content (AvgIpc) is 2.81. The van der Waals surface area contributed by atoms with Gasteiger partial charge in [-0.3, -0.25) is 0 Å². The highest BCUT2D eigenvalue weighted by atomic mass is 19.1. The van der Waals surface area contributed by atoms with Gasteiger partial charge in [0.05, 0.1) is 23.9 Å². The van der Waals surface area contributed by atoms with Crippen LogP contribution in [-0.2, 0) is 0 Å². The molecule has 0 aromatic heterocycles. The van der Waals surface area contributed by atoms with Gasteiger partial charge in [-0.1, -0.05) is 13.0 Å². The summed E-state index contributed by atoms with van der Waals surface area (Å²) < 4.78 is 13.8. The second-order valence-corrected chi connectivity index (χ2v) is 5.11. The molecule has 21 heavy (non-hydrogen) atoms. The first-order valence-corrected chi connectivity index (χ1v) is 6.66. The van der Waals surface area contributed by atoms with Crippen molar-refractivity contribution < 1.29 is 24.2 Å². The maximum atomic E-state index is 13.8. The van der Waals surface area contributed by atoms with E-state index in [1.54, 1.807) is 0 Å². The van der Waals surface area contributed by atoms with Crippen molar-refractivity contribution in [3.63, 3.8) is 0 Å². The third-order valence-corrected chi connectivity index (χ3v) is 3.81. The van der Waals surface area contributed by atoms with Gasteiger partial charge in [0.2, 0.25) is 0 Å². The van der Waals surface area contributed by atoms with Crippen LogP contribution in [0.25, 0.3) is 0 Å². The van der Waals surface area contributed by atoms with Gasteiger partial charge in [-0.15, -0.1) is 0 Å². The van der Waals surface area contributed by atoms with Crippen molar-refractivity contribution in [3.05, 3.63) is 29.6 Å². The number of aliphatic hydroxyl groups is 1. The quantitative estimate of drug-likeness (QED) is 0.792. The molecule has 7 heteroatoms. The molecule has 114 valence electrons. The Hall–Kier alpha value is -2.15. The van der Waals surface area contributed by atoms with Crippen molar-refractivity contribution in [3.8, 4) is 0 Å². The van der Waals surface area contributed by atoms with Gasteiger partial charge in [0.25, 0.3) is 0 Å². The van der Waals surface area contributed by atoms with E-state index in [4.69, 9.17) is 5.11 Å². The third kappa shape index (κ3) is 2.97. The number of anilines is 1. The molecule has 1 fully saturated rings. The molecule has 0 saturated carbocycles. The first kappa shape index (κ1) is 15.2. The molecule has 2 atom stereocenters. The number of carbonyl (C=O) groups excluding carboxylic acids is 1. The smallest absolute Gasteiger partial charge is 0.337 e. The molecular formula is C14H17FN2O4. The summed E-state index contributed by atoms with van der Waals surface area (Å²) in [4.78, 5) is 24.7. The van der Waals surface area contributed by atoms with Crippen LogP contribution in [0, 0.1) is 11.7 Å². The number of aromatic carboxylic acids is 1. The van der Waals surface area contributed by atoms with Crippen molar-refractivity contribution in [1.29, 1.82) is 0 Å². The number of hydrogen-bond acceptors (Lipinski definition) is 3. The van der Waals surface area contributed by atoms with Gasteiger partial charge in [-0.25, -0.2) is 14.0 Å².